The molecule has 0 bridgehead atoms. The molecule has 2 saturated carbocycles. The third-order valence-electron chi connectivity index (χ3n) is 21.1. The number of hydrogen-bond acceptors (Lipinski definition) is 32. The van der Waals surface area contributed by atoms with Gasteiger partial charge in [0.1, 0.15) is 66.6 Å². The average Bonchev–Trinajstić information content (AvgIpc) is 1.56. The predicted molar refractivity (Wildman–Crippen MR) is 438 cm³/mol. The van der Waals surface area contributed by atoms with Crippen molar-refractivity contribution in [1.82, 2.24) is 60.8 Å². The summed E-state index contributed by atoms with van der Waals surface area (Å²) in [6, 6.07) is 5.25. The highest BCUT2D eigenvalue weighted by Crippen LogP contribution is 2.51. The van der Waals surface area contributed by atoms with Crippen molar-refractivity contribution >= 4 is 46.9 Å². The molecule has 5 aromatic rings. The molecule has 2 saturated heterocycles. The Morgan fingerprint density at radius 3 is 1.41 bits per heavy atom. The summed E-state index contributed by atoms with van der Waals surface area (Å²) < 4.78 is 154. The minimum atomic E-state index is -4.72. The lowest BCUT2D eigenvalue weighted by Crippen LogP contribution is -2.57. The van der Waals surface area contributed by atoms with Crippen molar-refractivity contribution in [2.24, 2.45) is 17.8 Å². The molecule has 710 valence electrons. The number of rotatable bonds is 61. The van der Waals surface area contributed by atoms with Crippen molar-refractivity contribution in [3.63, 3.8) is 0 Å². The van der Waals surface area contributed by atoms with Gasteiger partial charge in [-0.1, -0.05) is 12.1 Å². The Bertz CT molecular complexity index is 3950. The van der Waals surface area contributed by atoms with Gasteiger partial charge >= 0.3 is 12.4 Å². The molecule has 0 radical (unpaired) electrons. The number of halogens is 6. The minimum Gasteiger partial charge on any atom is -0.391 e. The molecule has 4 aromatic heterocycles. The fourth-order valence-corrected chi connectivity index (χ4v) is 14.2. The second-order valence-corrected chi connectivity index (χ2v) is 31.2. The fraction of sp³-hybridized carbons (Fsp3) is 0.695. The van der Waals surface area contributed by atoms with Crippen LogP contribution in [0.4, 0.5) is 43.7 Å². The van der Waals surface area contributed by atoms with Crippen LogP contribution < -0.4 is 37.2 Å². The molecule has 11 atom stereocenters. The number of aryl methyl sites for hydroxylation is 1. The van der Waals surface area contributed by atoms with Crippen LogP contribution in [0.1, 0.15) is 105 Å². The third kappa shape index (κ3) is 34.8. The summed E-state index contributed by atoms with van der Waals surface area (Å²) in [6.07, 6.45) is -11.7. The Morgan fingerprint density at radius 2 is 0.969 bits per heavy atom. The highest BCUT2D eigenvalue weighted by Gasteiger charge is 2.49. The zero-order valence-corrected chi connectivity index (χ0v) is 71.6. The van der Waals surface area contributed by atoms with Crippen LogP contribution in [0.5, 0.6) is 0 Å². The number of nitrogens with one attached hydrogen (secondary N) is 7. The van der Waals surface area contributed by atoms with Gasteiger partial charge in [0.15, 0.2) is 11.4 Å². The highest BCUT2D eigenvalue weighted by molar-refractivity contribution is 6.01. The van der Waals surface area contributed by atoms with Gasteiger partial charge in [-0.2, -0.15) is 36.5 Å². The van der Waals surface area contributed by atoms with Gasteiger partial charge in [0.2, 0.25) is 23.6 Å². The van der Waals surface area contributed by atoms with Crippen molar-refractivity contribution in [2.45, 2.75) is 177 Å². The van der Waals surface area contributed by atoms with Crippen LogP contribution in [0.3, 0.4) is 0 Å². The van der Waals surface area contributed by atoms with Gasteiger partial charge in [-0.3, -0.25) is 43.3 Å². The number of aromatic nitrogens is 8. The van der Waals surface area contributed by atoms with E-state index in [1.807, 2.05) is 56.6 Å². The number of carbonyl (C=O) groups is 5. The number of benzene rings is 1. The average molecular weight is 1810 g/mol. The second-order valence-electron chi connectivity index (χ2n) is 31.2. The van der Waals surface area contributed by atoms with E-state index in [9.17, 15) is 81.0 Å². The Hall–Kier alpha value is -8.43. The molecule has 2 aliphatic carbocycles. The molecule has 5 amide bonds. The van der Waals surface area contributed by atoms with E-state index < -0.39 is 121 Å². The van der Waals surface area contributed by atoms with Crippen LogP contribution in [0.2, 0.25) is 0 Å². The zero-order valence-electron chi connectivity index (χ0n) is 71.6. The molecule has 45 heteroatoms. The second kappa shape index (κ2) is 53.0. The van der Waals surface area contributed by atoms with Crippen molar-refractivity contribution < 1.29 is 143 Å². The molecule has 6 heterocycles. The monoisotopic (exact) mass is 1810 g/mol. The van der Waals surface area contributed by atoms with E-state index in [4.69, 9.17) is 66.7 Å². The maximum Gasteiger partial charge on any atom is 0.434 e. The van der Waals surface area contributed by atoms with E-state index >= 15 is 0 Å². The molecule has 9 rings (SSSR count). The van der Waals surface area contributed by atoms with Crippen molar-refractivity contribution in [3.8, 4) is 11.1 Å². The maximum absolute atomic E-state index is 14.1. The number of hydrogen-bond donors (Lipinski definition) is 13. The van der Waals surface area contributed by atoms with E-state index in [1.54, 1.807) is 16.9 Å². The lowest BCUT2D eigenvalue weighted by Gasteiger charge is -2.38. The molecular formula is C82H121F6N15O24. The minimum absolute atomic E-state index is 0.00123. The van der Waals surface area contributed by atoms with E-state index in [-0.39, 0.29) is 220 Å². The van der Waals surface area contributed by atoms with Gasteiger partial charge in [-0.25, -0.2) is 9.97 Å². The third-order valence-corrected chi connectivity index (χ3v) is 21.1. The summed E-state index contributed by atoms with van der Waals surface area (Å²) in [5.74, 6) is -1.85. The molecule has 13 N–H and O–H groups in total. The number of anilines is 3. The first-order valence-electron chi connectivity index (χ1n) is 42.6. The van der Waals surface area contributed by atoms with Gasteiger partial charge in [0.25, 0.3) is 5.91 Å². The number of nitrogens with zero attached hydrogens (tertiary/aromatic N) is 8. The zero-order chi connectivity index (χ0) is 91.3. The number of aliphatic hydroxyl groups is 6. The normalized spacial score (nSPS) is 20.1. The van der Waals surface area contributed by atoms with E-state index in [0.717, 1.165) is 60.6 Å². The molecule has 127 heavy (non-hydrogen) atoms. The SMILES string of the molecule is Cc1nn(CCOCCOCCOCC(=O)NC(C(O)CCC(=O)NCCOCCOCCOCCOC[C@H]2OC[C@H](Nc3cncc(C(F)(F)F)n3)[C@@H](O)[C@H]2O)C(O)CCC(=O)NCCOCCOCCOCCOC[C@H]2OC[C@H](Nc3cncc(C(F)(F)F)n3)[C@@H](O)[C@H]2O)c(C)c1-c1ccc(NC(=O)[C@@H](NC(=O)c2ccnn2C(C)C)C(C2CC2)C2CC2)cc1. The quantitative estimate of drug-likeness (QED) is 0.0196. The van der Waals surface area contributed by atoms with Crippen molar-refractivity contribution in [1.29, 1.82) is 0 Å². The van der Waals surface area contributed by atoms with Crippen LogP contribution in [0.15, 0.2) is 61.3 Å². The largest absolute Gasteiger partial charge is 0.434 e. The number of carbonyl (C=O) groups excluding carboxylic acids is 5. The Balaban J connectivity index is 0.617. The summed E-state index contributed by atoms with van der Waals surface area (Å²) in [6.45, 7) is 10.7. The van der Waals surface area contributed by atoms with Crippen molar-refractivity contribution in [2.75, 3.05) is 188 Å². The van der Waals surface area contributed by atoms with Gasteiger partial charge in [0.05, 0.1) is 219 Å². The van der Waals surface area contributed by atoms with Gasteiger partial charge < -0.3 is 129 Å². The molecule has 4 fully saturated rings. The van der Waals surface area contributed by atoms with Crippen LogP contribution in [0.25, 0.3) is 11.1 Å². The first kappa shape index (κ1) is 102. The molecule has 39 nitrogen and oxygen atoms in total. The maximum atomic E-state index is 14.1. The lowest BCUT2D eigenvalue weighted by atomic mass is 9.88. The van der Waals surface area contributed by atoms with Crippen LogP contribution in [-0.4, -0.2) is 344 Å². The number of aliphatic hydroxyl groups excluding tert-OH is 6. The topological polar surface area (TPSA) is 498 Å². The van der Waals surface area contributed by atoms with Crippen molar-refractivity contribution in [3.05, 3.63) is 89.8 Å². The first-order chi connectivity index (χ1) is 61.0. The molecule has 4 aliphatic rings. The Labute approximate surface area is 730 Å². The summed E-state index contributed by atoms with van der Waals surface area (Å²) in [4.78, 5) is 80.9. The van der Waals surface area contributed by atoms with Gasteiger partial charge in [-0.15, -0.1) is 0 Å². The smallest absolute Gasteiger partial charge is 0.391 e. The predicted octanol–water partition coefficient (Wildman–Crippen LogP) is 2.12. The summed E-state index contributed by atoms with van der Waals surface area (Å²) in [5, 5.41) is 93.6. The number of ether oxygens (including phenoxy) is 13. The highest BCUT2D eigenvalue weighted by atomic mass is 19.4. The van der Waals surface area contributed by atoms with Crippen LogP contribution in [0, 0.1) is 31.6 Å². The molecule has 1 aromatic carbocycles. The van der Waals surface area contributed by atoms with E-state index in [0.29, 0.717) is 48.8 Å². The van der Waals surface area contributed by atoms with Crippen LogP contribution >= 0.6 is 0 Å². The number of alkyl halides is 6. The Morgan fingerprint density at radius 1 is 0.535 bits per heavy atom. The van der Waals surface area contributed by atoms with E-state index in [2.05, 4.69) is 62.3 Å². The fourth-order valence-electron chi connectivity index (χ4n) is 14.2. The van der Waals surface area contributed by atoms with Crippen LogP contribution in [-0.2, 0) is 99.7 Å². The summed E-state index contributed by atoms with van der Waals surface area (Å²) >= 11 is 0. The molecule has 0 spiro atoms. The first-order valence-corrected chi connectivity index (χ1v) is 42.6. The molecular weight excluding hydrogens is 1690 g/mol. The standard InChI is InChI=1S/C82H121F6N15O24/c1-50(2)103-59(17-18-93-103)79(113)100-74(72(54-5-6-54)55-7-8-55)80(114)94-56-11-9-53(10-12-56)71-51(3)101-102(52(71)4)21-24-117-27-30-120-37-40-125-49-70(108)99-73(60(104)13-15-68(106)91-19-22-115-25-28-118-31-33-121-35-38-123-47-62-77(111)75(109)57(45-126-62)95-66-43-89-41-64(97-66)81(83,84)85)61(105)14-16-69(107)92-20-23-116-26-29-119-32-34-122-36-39-124-48-63-78(112)76(110)58(46-127-63)96-67-44-90-42-65(98-67)82(86,87)88/h9-12,17-18,41-44,50,54-55,57-58,60-63,72-78,104-105,109-112H,5-8,13-16,19-40,45-49H2,1-4H3,(H,91,106)(H,92,107)(H,94,114)(H,95,97)(H,96,98)(H,99,108)(H,100,113)/t57-,58-,60?,61?,62+,63+,73?,74-,75+,76+,77-,78-/m0/s1. The summed E-state index contributed by atoms with van der Waals surface area (Å²) in [7, 11) is 0. The number of amides is 5. The lowest BCUT2D eigenvalue weighted by molar-refractivity contribution is -0.161. The summed E-state index contributed by atoms with van der Waals surface area (Å²) in [5.41, 5.74) is 2.17. The molecule has 2 aliphatic heterocycles. The Kier molecular flexibility index (Phi) is 42.7. The van der Waals surface area contributed by atoms with Gasteiger partial charge in [-0.05, 0) is 108 Å². The molecule has 2 unspecified atom stereocenters. The van der Waals surface area contributed by atoms with Gasteiger partial charge in [0, 0.05) is 55.1 Å². The van der Waals surface area contributed by atoms with E-state index in [1.165, 1.54) is 0 Å².